The number of carbonyl (C=O) groups excluding carboxylic acids is 1. The standard InChI is InChI=1S/C21H17F2N5O/c22-17-11-18(23)20(25-8-6-14-3-1-2-7-24-14)10-16(17)21(29)27-15-4-5-19-13(9-15)12-26-28-19/h1-5,7,9-12,25H,6,8H2,(H,26,28)(H,27,29). The van der Waals surface area contributed by atoms with E-state index in [0.717, 1.165) is 16.6 Å². The molecular formula is C21H17F2N5O. The molecule has 4 rings (SSSR count). The van der Waals surface area contributed by atoms with Crippen LogP contribution in [0.4, 0.5) is 20.2 Å². The molecule has 2 aromatic carbocycles. The van der Waals surface area contributed by atoms with Crippen LogP contribution in [0.2, 0.25) is 0 Å². The van der Waals surface area contributed by atoms with Crippen molar-refractivity contribution in [2.75, 3.05) is 17.2 Å². The second-order valence-electron chi connectivity index (χ2n) is 6.44. The molecule has 0 spiro atoms. The third kappa shape index (κ3) is 4.21. The first-order chi connectivity index (χ1) is 14.1. The van der Waals surface area contributed by atoms with Crippen molar-refractivity contribution >= 4 is 28.2 Å². The van der Waals surface area contributed by atoms with Gasteiger partial charge in [-0.2, -0.15) is 5.10 Å². The van der Waals surface area contributed by atoms with Crippen LogP contribution in [-0.2, 0) is 6.42 Å². The molecule has 0 atom stereocenters. The SMILES string of the molecule is O=C(Nc1ccc2[nH]ncc2c1)c1cc(NCCc2ccccn2)c(F)cc1F. The molecule has 3 N–H and O–H groups in total. The van der Waals surface area contributed by atoms with E-state index in [0.29, 0.717) is 24.7 Å². The van der Waals surface area contributed by atoms with Crippen molar-refractivity contribution in [3.8, 4) is 0 Å². The van der Waals surface area contributed by atoms with Gasteiger partial charge in [0.1, 0.15) is 11.6 Å². The number of fused-ring (bicyclic) bond motifs is 1. The highest BCUT2D eigenvalue weighted by Crippen LogP contribution is 2.22. The van der Waals surface area contributed by atoms with E-state index < -0.39 is 17.5 Å². The Labute approximate surface area is 165 Å². The lowest BCUT2D eigenvalue weighted by Gasteiger charge is -2.11. The zero-order valence-corrected chi connectivity index (χ0v) is 15.2. The fourth-order valence-electron chi connectivity index (χ4n) is 2.95. The van der Waals surface area contributed by atoms with E-state index in [1.807, 2.05) is 18.2 Å². The molecule has 2 aromatic heterocycles. The summed E-state index contributed by atoms with van der Waals surface area (Å²) in [6, 6.07) is 12.6. The number of amides is 1. The predicted molar refractivity (Wildman–Crippen MR) is 107 cm³/mol. The molecule has 0 unspecified atom stereocenters. The van der Waals surface area contributed by atoms with Gasteiger partial charge in [-0.05, 0) is 36.4 Å². The van der Waals surface area contributed by atoms with Crippen LogP contribution >= 0.6 is 0 Å². The van der Waals surface area contributed by atoms with Crippen molar-refractivity contribution in [1.29, 1.82) is 0 Å². The third-order valence-corrected chi connectivity index (χ3v) is 4.42. The summed E-state index contributed by atoms with van der Waals surface area (Å²) in [5, 5.41) is 13.1. The van der Waals surface area contributed by atoms with Gasteiger partial charge in [-0.1, -0.05) is 6.07 Å². The number of carbonyl (C=O) groups is 1. The first kappa shape index (κ1) is 18.5. The molecule has 0 bridgehead atoms. The van der Waals surface area contributed by atoms with Gasteiger partial charge in [0.05, 0.1) is 23.0 Å². The van der Waals surface area contributed by atoms with Crippen LogP contribution in [0.15, 0.2) is 60.9 Å². The summed E-state index contributed by atoms with van der Waals surface area (Å²) < 4.78 is 28.3. The number of rotatable bonds is 6. The molecular weight excluding hydrogens is 376 g/mol. The first-order valence-corrected chi connectivity index (χ1v) is 8.97. The highest BCUT2D eigenvalue weighted by molar-refractivity contribution is 6.05. The number of aromatic nitrogens is 3. The molecule has 6 nitrogen and oxygen atoms in total. The van der Waals surface area contributed by atoms with Crippen LogP contribution in [0.3, 0.4) is 0 Å². The summed E-state index contributed by atoms with van der Waals surface area (Å²) in [5.41, 5.74) is 1.94. The Morgan fingerprint density at radius 1 is 1.07 bits per heavy atom. The summed E-state index contributed by atoms with van der Waals surface area (Å²) in [4.78, 5) is 16.7. The van der Waals surface area contributed by atoms with Gasteiger partial charge in [0.15, 0.2) is 0 Å². The zero-order chi connectivity index (χ0) is 20.2. The fourth-order valence-corrected chi connectivity index (χ4v) is 2.95. The van der Waals surface area contributed by atoms with Gasteiger partial charge < -0.3 is 10.6 Å². The molecule has 0 aliphatic rings. The highest BCUT2D eigenvalue weighted by atomic mass is 19.1. The molecule has 8 heteroatoms. The van der Waals surface area contributed by atoms with E-state index in [4.69, 9.17) is 0 Å². The number of nitrogens with one attached hydrogen (secondary N) is 3. The van der Waals surface area contributed by atoms with Gasteiger partial charge >= 0.3 is 0 Å². The van der Waals surface area contributed by atoms with E-state index >= 15 is 0 Å². The number of benzene rings is 2. The lowest BCUT2D eigenvalue weighted by Crippen LogP contribution is -2.15. The molecule has 0 saturated heterocycles. The van der Waals surface area contributed by atoms with Gasteiger partial charge in [0.25, 0.3) is 5.91 Å². The topological polar surface area (TPSA) is 82.7 Å². The van der Waals surface area contributed by atoms with E-state index in [1.54, 1.807) is 30.6 Å². The number of hydrogen-bond acceptors (Lipinski definition) is 4. The van der Waals surface area contributed by atoms with Gasteiger partial charge in [0, 0.05) is 42.0 Å². The Balaban J connectivity index is 1.48. The molecule has 0 aliphatic heterocycles. The monoisotopic (exact) mass is 393 g/mol. The van der Waals surface area contributed by atoms with Crippen LogP contribution in [0.5, 0.6) is 0 Å². The van der Waals surface area contributed by atoms with E-state index in [1.165, 1.54) is 6.07 Å². The first-order valence-electron chi connectivity index (χ1n) is 8.97. The number of pyridine rings is 1. The molecule has 2 heterocycles. The maximum absolute atomic E-state index is 14.2. The Bertz CT molecular complexity index is 1160. The Morgan fingerprint density at radius 2 is 1.97 bits per heavy atom. The van der Waals surface area contributed by atoms with Crippen LogP contribution < -0.4 is 10.6 Å². The number of nitrogens with zero attached hydrogens (tertiary/aromatic N) is 2. The fraction of sp³-hybridized carbons (Fsp3) is 0.0952. The Kier molecular flexibility index (Phi) is 5.15. The lowest BCUT2D eigenvalue weighted by atomic mass is 10.1. The van der Waals surface area contributed by atoms with E-state index in [2.05, 4.69) is 25.8 Å². The van der Waals surface area contributed by atoms with Gasteiger partial charge in [-0.25, -0.2) is 8.78 Å². The average Bonchev–Trinajstić information content (AvgIpc) is 3.18. The molecule has 0 radical (unpaired) electrons. The van der Waals surface area contributed by atoms with E-state index in [9.17, 15) is 13.6 Å². The minimum atomic E-state index is -0.931. The average molecular weight is 393 g/mol. The second-order valence-corrected chi connectivity index (χ2v) is 6.44. The molecule has 0 aliphatic carbocycles. The number of anilines is 2. The molecule has 4 aromatic rings. The number of hydrogen-bond donors (Lipinski definition) is 3. The number of halogens is 2. The molecule has 0 saturated carbocycles. The Morgan fingerprint density at radius 3 is 2.79 bits per heavy atom. The van der Waals surface area contributed by atoms with Crippen molar-refractivity contribution in [1.82, 2.24) is 15.2 Å². The molecule has 0 fully saturated rings. The van der Waals surface area contributed by atoms with Gasteiger partial charge in [-0.3, -0.25) is 14.9 Å². The smallest absolute Gasteiger partial charge is 0.258 e. The molecule has 146 valence electrons. The van der Waals surface area contributed by atoms with Crippen LogP contribution in [-0.4, -0.2) is 27.6 Å². The maximum atomic E-state index is 14.2. The van der Waals surface area contributed by atoms with Gasteiger partial charge in [-0.15, -0.1) is 0 Å². The molecule has 1 amide bonds. The van der Waals surface area contributed by atoms with Gasteiger partial charge in [0.2, 0.25) is 0 Å². The summed E-state index contributed by atoms with van der Waals surface area (Å²) in [7, 11) is 0. The van der Waals surface area contributed by atoms with Crippen LogP contribution in [0.25, 0.3) is 10.9 Å². The van der Waals surface area contributed by atoms with Crippen molar-refractivity contribution in [2.45, 2.75) is 6.42 Å². The molecule has 29 heavy (non-hydrogen) atoms. The summed E-state index contributed by atoms with van der Waals surface area (Å²) in [5.74, 6) is -2.36. The van der Waals surface area contributed by atoms with Crippen molar-refractivity contribution in [3.05, 3.63) is 83.8 Å². The second kappa shape index (κ2) is 8.05. The Hall–Kier alpha value is -3.81. The third-order valence-electron chi connectivity index (χ3n) is 4.42. The number of aromatic amines is 1. The number of H-pyrrole nitrogens is 1. The normalized spacial score (nSPS) is 10.8. The van der Waals surface area contributed by atoms with Crippen molar-refractivity contribution < 1.29 is 13.6 Å². The highest BCUT2D eigenvalue weighted by Gasteiger charge is 2.16. The van der Waals surface area contributed by atoms with Crippen LogP contribution in [0, 0.1) is 11.6 Å². The quantitative estimate of drug-likeness (QED) is 0.460. The summed E-state index contributed by atoms with van der Waals surface area (Å²) in [6.07, 6.45) is 3.86. The van der Waals surface area contributed by atoms with Crippen molar-refractivity contribution in [3.63, 3.8) is 0 Å². The predicted octanol–water partition coefficient (Wildman–Crippen LogP) is 4.14. The summed E-state index contributed by atoms with van der Waals surface area (Å²) in [6.45, 7) is 0.387. The summed E-state index contributed by atoms with van der Waals surface area (Å²) >= 11 is 0. The van der Waals surface area contributed by atoms with E-state index in [-0.39, 0.29) is 11.3 Å². The largest absolute Gasteiger partial charge is 0.382 e. The van der Waals surface area contributed by atoms with Crippen molar-refractivity contribution in [2.24, 2.45) is 0 Å². The minimum Gasteiger partial charge on any atom is -0.382 e. The van der Waals surface area contributed by atoms with Crippen LogP contribution in [0.1, 0.15) is 16.1 Å². The maximum Gasteiger partial charge on any atom is 0.258 e. The zero-order valence-electron chi connectivity index (χ0n) is 15.2. The lowest BCUT2D eigenvalue weighted by molar-refractivity contribution is 0.102. The minimum absolute atomic E-state index is 0.0535.